The topological polar surface area (TPSA) is 57.6 Å². The minimum absolute atomic E-state index is 0.0749. The molecule has 2 aromatic rings. The molecule has 0 aromatic heterocycles. The highest BCUT2D eigenvalue weighted by atomic mass is 16.4. The molecule has 1 atom stereocenters. The summed E-state index contributed by atoms with van der Waals surface area (Å²) in [7, 11) is 0. The van der Waals surface area contributed by atoms with Crippen LogP contribution in [-0.4, -0.2) is 28.4 Å². The molecule has 22 heavy (non-hydrogen) atoms. The SMILES string of the molecule is O=C(O)[C@@H]1CC(=O)N(C(c2ccccc2)c2ccccc2)C1. The molecule has 1 aliphatic heterocycles. The Labute approximate surface area is 129 Å². The summed E-state index contributed by atoms with van der Waals surface area (Å²) in [5.41, 5.74) is 1.99. The van der Waals surface area contributed by atoms with Crippen LogP contribution in [-0.2, 0) is 9.59 Å². The summed E-state index contributed by atoms with van der Waals surface area (Å²) in [6.45, 7) is 0.253. The Bertz CT molecular complexity index is 630. The molecule has 2 aromatic carbocycles. The largest absolute Gasteiger partial charge is 0.481 e. The van der Waals surface area contributed by atoms with Crippen LogP contribution in [0.15, 0.2) is 60.7 Å². The Morgan fingerprint density at radius 3 is 1.91 bits per heavy atom. The van der Waals surface area contributed by atoms with Crippen molar-refractivity contribution in [1.82, 2.24) is 4.90 Å². The van der Waals surface area contributed by atoms with Crippen molar-refractivity contribution in [2.75, 3.05) is 6.54 Å². The molecule has 4 heteroatoms. The summed E-state index contributed by atoms with van der Waals surface area (Å²) in [6.07, 6.45) is 0.0749. The fourth-order valence-corrected chi connectivity index (χ4v) is 2.97. The predicted molar refractivity (Wildman–Crippen MR) is 82.2 cm³/mol. The van der Waals surface area contributed by atoms with Gasteiger partial charge in [0.05, 0.1) is 12.0 Å². The first-order valence-corrected chi connectivity index (χ1v) is 7.29. The lowest BCUT2D eigenvalue weighted by molar-refractivity contribution is -0.141. The molecule has 1 heterocycles. The maximum Gasteiger partial charge on any atom is 0.308 e. The van der Waals surface area contributed by atoms with Gasteiger partial charge in [-0.05, 0) is 11.1 Å². The van der Waals surface area contributed by atoms with Crippen LogP contribution in [0.3, 0.4) is 0 Å². The van der Waals surface area contributed by atoms with Gasteiger partial charge in [-0.2, -0.15) is 0 Å². The number of nitrogens with zero attached hydrogens (tertiary/aromatic N) is 1. The number of rotatable bonds is 4. The number of carboxylic acid groups (broad SMARTS) is 1. The van der Waals surface area contributed by atoms with Crippen molar-refractivity contribution in [1.29, 1.82) is 0 Å². The standard InChI is InChI=1S/C18H17NO3/c20-16-11-15(18(21)22)12-19(16)17(13-7-3-1-4-8-13)14-9-5-2-6-10-14/h1-10,15,17H,11-12H2,(H,21,22)/t15-/m1/s1. The van der Waals surface area contributed by atoms with Gasteiger partial charge in [-0.25, -0.2) is 0 Å². The van der Waals surface area contributed by atoms with Crippen LogP contribution in [0.1, 0.15) is 23.6 Å². The first kappa shape index (κ1) is 14.3. The van der Waals surface area contributed by atoms with E-state index in [-0.39, 0.29) is 24.9 Å². The summed E-state index contributed by atoms with van der Waals surface area (Å²) >= 11 is 0. The maximum atomic E-state index is 12.3. The number of carboxylic acids is 1. The highest BCUT2D eigenvalue weighted by molar-refractivity contribution is 5.86. The van der Waals surface area contributed by atoms with E-state index in [0.29, 0.717) is 0 Å². The first-order valence-electron chi connectivity index (χ1n) is 7.29. The molecule has 0 saturated carbocycles. The molecule has 0 aliphatic carbocycles. The summed E-state index contributed by atoms with van der Waals surface area (Å²) in [4.78, 5) is 25.2. The summed E-state index contributed by atoms with van der Waals surface area (Å²) in [5, 5.41) is 9.19. The predicted octanol–water partition coefficient (Wildman–Crippen LogP) is 2.71. The lowest BCUT2D eigenvalue weighted by Crippen LogP contribution is -2.31. The smallest absolute Gasteiger partial charge is 0.308 e. The van der Waals surface area contributed by atoms with Crippen LogP contribution in [0.2, 0.25) is 0 Å². The Kier molecular flexibility index (Phi) is 3.92. The highest BCUT2D eigenvalue weighted by Gasteiger charge is 2.38. The fraction of sp³-hybridized carbons (Fsp3) is 0.222. The zero-order chi connectivity index (χ0) is 15.5. The number of hydrogen-bond acceptors (Lipinski definition) is 2. The molecular formula is C18H17NO3. The van der Waals surface area contributed by atoms with Gasteiger partial charge < -0.3 is 10.0 Å². The minimum atomic E-state index is -0.907. The second-order valence-electron chi connectivity index (χ2n) is 5.51. The van der Waals surface area contributed by atoms with E-state index in [2.05, 4.69) is 0 Å². The number of likely N-dealkylation sites (tertiary alicyclic amines) is 1. The molecule has 0 bridgehead atoms. The van der Waals surface area contributed by atoms with E-state index in [1.165, 1.54) is 0 Å². The summed E-state index contributed by atoms with van der Waals surface area (Å²) in [5.74, 6) is -1.64. The minimum Gasteiger partial charge on any atom is -0.481 e. The average Bonchev–Trinajstić information content (AvgIpc) is 2.92. The van der Waals surface area contributed by atoms with Crippen molar-refractivity contribution in [2.24, 2.45) is 5.92 Å². The summed E-state index contributed by atoms with van der Waals surface area (Å²) in [6, 6.07) is 19.2. The molecular weight excluding hydrogens is 278 g/mol. The van der Waals surface area contributed by atoms with Gasteiger partial charge in [0.25, 0.3) is 0 Å². The van der Waals surface area contributed by atoms with E-state index in [1.54, 1.807) is 4.90 Å². The molecule has 1 saturated heterocycles. The molecule has 1 aliphatic rings. The van der Waals surface area contributed by atoms with Gasteiger partial charge in [0.15, 0.2) is 0 Å². The van der Waals surface area contributed by atoms with Crippen LogP contribution in [0.5, 0.6) is 0 Å². The average molecular weight is 295 g/mol. The molecule has 4 nitrogen and oxygen atoms in total. The number of aliphatic carboxylic acids is 1. The van der Waals surface area contributed by atoms with E-state index >= 15 is 0 Å². The van der Waals surface area contributed by atoms with Crippen LogP contribution in [0.25, 0.3) is 0 Å². The Morgan fingerprint density at radius 1 is 1.00 bits per heavy atom. The molecule has 1 fully saturated rings. The third-order valence-electron chi connectivity index (χ3n) is 4.05. The quantitative estimate of drug-likeness (QED) is 0.943. The van der Waals surface area contributed by atoms with Gasteiger partial charge in [-0.3, -0.25) is 9.59 Å². The molecule has 112 valence electrons. The van der Waals surface area contributed by atoms with Crippen molar-refractivity contribution < 1.29 is 14.7 Å². The van der Waals surface area contributed by atoms with Crippen LogP contribution in [0.4, 0.5) is 0 Å². The lowest BCUT2D eigenvalue weighted by atomic mass is 9.97. The molecule has 0 spiro atoms. The third kappa shape index (κ3) is 2.72. The van der Waals surface area contributed by atoms with E-state index in [1.807, 2.05) is 60.7 Å². The van der Waals surface area contributed by atoms with Gasteiger partial charge in [-0.15, -0.1) is 0 Å². The van der Waals surface area contributed by atoms with Crippen molar-refractivity contribution in [3.63, 3.8) is 0 Å². The first-order chi connectivity index (χ1) is 10.7. The van der Waals surface area contributed by atoms with E-state index in [0.717, 1.165) is 11.1 Å². The van der Waals surface area contributed by atoms with E-state index in [9.17, 15) is 14.7 Å². The molecule has 1 amide bonds. The van der Waals surface area contributed by atoms with Gasteiger partial charge in [0, 0.05) is 13.0 Å². The van der Waals surface area contributed by atoms with Crippen molar-refractivity contribution in [2.45, 2.75) is 12.5 Å². The monoisotopic (exact) mass is 295 g/mol. The van der Waals surface area contributed by atoms with E-state index in [4.69, 9.17) is 0 Å². The van der Waals surface area contributed by atoms with Gasteiger partial charge in [0.1, 0.15) is 0 Å². The van der Waals surface area contributed by atoms with Gasteiger partial charge in [-0.1, -0.05) is 60.7 Å². The zero-order valence-electron chi connectivity index (χ0n) is 12.1. The molecule has 0 radical (unpaired) electrons. The van der Waals surface area contributed by atoms with Gasteiger partial charge >= 0.3 is 5.97 Å². The second kappa shape index (κ2) is 6.02. The number of carbonyl (C=O) groups excluding carboxylic acids is 1. The summed E-state index contributed by atoms with van der Waals surface area (Å²) < 4.78 is 0. The zero-order valence-corrected chi connectivity index (χ0v) is 12.1. The molecule has 0 unspecified atom stereocenters. The Balaban J connectivity index is 2.00. The number of benzene rings is 2. The number of hydrogen-bond donors (Lipinski definition) is 1. The Hall–Kier alpha value is -2.62. The van der Waals surface area contributed by atoms with Crippen molar-refractivity contribution in [3.05, 3.63) is 71.8 Å². The third-order valence-corrected chi connectivity index (χ3v) is 4.05. The van der Waals surface area contributed by atoms with Crippen LogP contribution >= 0.6 is 0 Å². The maximum absolute atomic E-state index is 12.3. The van der Waals surface area contributed by atoms with Crippen LogP contribution in [0, 0.1) is 5.92 Å². The lowest BCUT2D eigenvalue weighted by Gasteiger charge is -2.29. The molecule has 3 rings (SSSR count). The Morgan fingerprint density at radius 2 is 1.50 bits per heavy atom. The fourth-order valence-electron chi connectivity index (χ4n) is 2.97. The highest BCUT2D eigenvalue weighted by Crippen LogP contribution is 2.33. The second-order valence-corrected chi connectivity index (χ2v) is 5.51. The number of amides is 1. The van der Waals surface area contributed by atoms with Crippen molar-refractivity contribution >= 4 is 11.9 Å². The number of carbonyl (C=O) groups is 2. The van der Waals surface area contributed by atoms with Gasteiger partial charge in [0.2, 0.25) is 5.91 Å². The molecule has 1 N–H and O–H groups in total. The van der Waals surface area contributed by atoms with Crippen LogP contribution < -0.4 is 0 Å². The van der Waals surface area contributed by atoms with E-state index < -0.39 is 11.9 Å². The van der Waals surface area contributed by atoms with Crippen molar-refractivity contribution in [3.8, 4) is 0 Å². The normalized spacial score (nSPS) is 18.0.